The molecule has 0 saturated heterocycles. The largest absolute Gasteiger partial charge is 0.330 e. The van der Waals surface area contributed by atoms with E-state index in [-0.39, 0.29) is 34.6 Å². The van der Waals surface area contributed by atoms with Crippen molar-refractivity contribution in [3.8, 4) is 0 Å². The molecule has 0 fully saturated rings. The van der Waals surface area contributed by atoms with Crippen molar-refractivity contribution in [1.29, 1.82) is 0 Å². The van der Waals surface area contributed by atoms with Crippen molar-refractivity contribution < 1.29 is 9.72 Å². The highest BCUT2D eigenvalue weighted by Gasteiger charge is 2.16. The van der Waals surface area contributed by atoms with Gasteiger partial charge >= 0.3 is 0 Å². The van der Waals surface area contributed by atoms with Gasteiger partial charge in [0.1, 0.15) is 0 Å². The smallest absolute Gasteiger partial charge is 0.271 e. The molecule has 1 amide bonds. The Morgan fingerprint density at radius 2 is 2.14 bits per heavy atom. The molecule has 1 aromatic carbocycles. The van der Waals surface area contributed by atoms with Gasteiger partial charge in [-0.15, -0.1) is 0 Å². The van der Waals surface area contributed by atoms with Crippen molar-refractivity contribution in [3.63, 3.8) is 0 Å². The van der Waals surface area contributed by atoms with Crippen LogP contribution in [0.25, 0.3) is 0 Å². The second-order valence-electron chi connectivity index (χ2n) is 5.40. The van der Waals surface area contributed by atoms with Gasteiger partial charge in [0, 0.05) is 18.6 Å². The average molecular weight is 314 g/mol. The summed E-state index contributed by atoms with van der Waals surface area (Å²) in [6.07, 6.45) is 1.13. The Kier molecular flexibility index (Phi) is 6.58. The Bertz CT molecular complexity index is 520. The van der Waals surface area contributed by atoms with Gasteiger partial charge in [-0.05, 0) is 30.9 Å². The SMILES string of the molecule is CC(C)CC(CN)CC(=O)Nc1cc([N+](=O)[O-])ccc1Cl. The van der Waals surface area contributed by atoms with Crippen molar-refractivity contribution in [2.24, 2.45) is 17.6 Å². The molecule has 1 unspecified atom stereocenters. The van der Waals surface area contributed by atoms with Crippen LogP contribution in [0.2, 0.25) is 5.02 Å². The van der Waals surface area contributed by atoms with Crippen molar-refractivity contribution >= 4 is 28.9 Å². The van der Waals surface area contributed by atoms with E-state index in [0.717, 1.165) is 6.42 Å². The lowest BCUT2D eigenvalue weighted by Gasteiger charge is -2.16. The number of halogens is 1. The van der Waals surface area contributed by atoms with Gasteiger partial charge in [-0.25, -0.2) is 0 Å². The second kappa shape index (κ2) is 7.95. The lowest BCUT2D eigenvalue weighted by atomic mass is 9.94. The molecule has 0 aliphatic heterocycles. The van der Waals surface area contributed by atoms with E-state index in [1.54, 1.807) is 0 Å². The standard InChI is InChI=1S/C14H20ClN3O3/c1-9(2)5-10(8-16)6-14(19)17-13-7-11(18(20)21)3-4-12(13)15/h3-4,7,9-10H,5-6,8,16H2,1-2H3,(H,17,19). The van der Waals surface area contributed by atoms with Crippen molar-refractivity contribution in [1.82, 2.24) is 0 Å². The van der Waals surface area contributed by atoms with Crippen molar-refractivity contribution in [2.75, 3.05) is 11.9 Å². The molecule has 1 aromatic rings. The quantitative estimate of drug-likeness (QED) is 0.596. The van der Waals surface area contributed by atoms with Crippen LogP contribution in [-0.2, 0) is 4.79 Å². The zero-order chi connectivity index (χ0) is 16.0. The van der Waals surface area contributed by atoms with Gasteiger partial charge in [-0.3, -0.25) is 14.9 Å². The third-order valence-corrected chi connectivity index (χ3v) is 3.38. The van der Waals surface area contributed by atoms with Crippen LogP contribution in [0, 0.1) is 22.0 Å². The number of hydrogen-bond donors (Lipinski definition) is 2. The predicted molar refractivity (Wildman–Crippen MR) is 83.4 cm³/mol. The molecule has 0 spiro atoms. The number of hydrogen-bond acceptors (Lipinski definition) is 4. The number of non-ortho nitro benzene ring substituents is 1. The van der Waals surface area contributed by atoms with Gasteiger partial charge in [0.2, 0.25) is 5.91 Å². The minimum Gasteiger partial charge on any atom is -0.330 e. The number of carbonyl (C=O) groups is 1. The van der Waals surface area contributed by atoms with Gasteiger partial charge in [0.05, 0.1) is 15.6 Å². The van der Waals surface area contributed by atoms with E-state index in [4.69, 9.17) is 17.3 Å². The van der Waals surface area contributed by atoms with Crippen molar-refractivity contribution in [2.45, 2.75) is 26.7 Å². The number of carbonyl (C=O) groups excluding carboxylic acids is 1. The number of rotatable bonds is 7. The Hall–Kier alpha value is -1.66. The van der Waals surface area contributed by atoms with Crippen LogP contribution in [0.5, 0.6) is 0 Å². The van der Waals surface area contributed by atoms with Crippen LogP contribution < -0.4 is 11.1 Å². The first-order chi connectivity index (χ1) is 9.83. The summed E-state index contributed by atoms with van der Waals surface area (Å²) in [5, 5.41) is 13.6. The maximum atomic E-state index is 12.0. The lowest BCUT2D eigenvalue weighted by Crippen LogP contribution is -2.23. The minimum absolute atomic E-state index is 0.0856. The van der Waals surface area contributed by atoms with E-state index in [1.165, 1.54) is 18.2 Å². The van der Waals surface area contributed by atoms with E-state index in [0.29, 0.717) is 12.5 Å². The molecule has 0 bridgehead atoms. The number of nitro benzene ring substituents is 1. The molecule has 0 aliphatic rings. The fourth-order valence-corrected chi connectivity index (χ4v) is 2.28. The molecule has 0 aromatic heterocycles. The van der Waals surface area contributed by atoms with Gasteiger partial charge in [-0.2, -0.15) is 0 Å². The number of nitrogens with one attached hydrogen (secondary N) is 1. The van der Waals surface area contributed by atoms with Crippen LogP contribution in [0.3, 0.4) is 0 Å². The maximum absolute atomic E-state index is 12.0. The highest BCUT2D eigenvalue weighted by Crippen LogP contribution is 2.27. The number of anilines is 1. The monoisotopic (exact) mass is 313 g/mol. The molecule has 0 radical (unpaired) electrons. The van der Waals surface area contributed by atoms with Gasteiger partial charge < -0.3 is 11.1 Å². The fourth-order valence-electron chi connectivity index (χ4n) is 2.12. The number of benzene rings is 1. The summed E-state index contributed by atoms with van der Waals surface area (Å²) in [6.45, 7) is 4.56. The van der Waals surface area contributed by atoms with Crippen LogP contribution in [0.15, 0.2) is 18.2 Å². The van der Waals surface area contributed by atoms with Crippen LogP contribution in [0.4, 0.5) is 11.4 Å². The summed E-state index contributed by atoms with van der Waals surface area (Å²) in [5.74, 6) is 0.295. The lowest BCUT2D eigenvalue weighted by molar-refractivity contribution is -0.384. The fraction of sp³-hybridized carbons (Fsp3) is 0.500. The Morgan fingerprint density at radius 1 is 1.48 bits per heavy atom. The number of nitro groups is 1. The number of nitrogens with two attached hydrogens (primary N) is 1. The molecule has 3 N–H and O–H groups in total. The molecule has 1 atom stereocenters. The molecule has 7 heteroatoms. The third kappa shape index (κ3) is 5.69. The first-order valence-electron chi connectivity index (χ1n) is 6.77. The molecule has 1 rings (SSSR count). The third-order valence-electron chi connectivity index (χ3n) is 3.05. The van der Waals surface area contributed by atoms with E-state index < -0.39 is 4.92 Å². The average Bonchev–Trinajstić information content (AvgIpc) is 2.39. The normalized spacial score (nSPS) is 12.2. The molecule has 116 valence electrons. The highest BCUT2D eigenvalue weighted by atomic mass is 35.5. The highest BCUT2D eigenvalue weighted by molar-refractivity contribution is 6.33. The van der Waals surface area contributed by atoms with Crippen LogP contribution in [0.1, 0.15) is 26.7 Å². The van der Waals surface area contributed by atoms with E-state index >= 15 is 0 Å². The molecular formula is C14H20ClN3O3. The number of nitrogens with zero attached hydrogens (tertiary/aromatic N) is 1. The number of amides is 1. The summed E-state index contributed by atoms with van der Waals surface area (Å²) < 4.78 is 0. The van der Waals surface area contributed by atoms with Crippen LogP contribution >= 0.6 is 11.6 Å². The Balaban J connectivity index is 2.74. The van der Waals surface area contributed by atoms with Gasteiger partial charge in [0.15, 0.2) is 0 Å². The van der Waals surface area contributed by atoms with E-state index in [1.807, 2.05) is 0 Å². The molecule has 0 saturated carbocycles. The van der Waals surface area contributed by atoms with Gasteiger partial charge in [0.25, 0.3) is 5.69 Å². The van der Waals surface area contributed by atoms with E-state index in [2.05, 4.69) is 19.2 Å². The Labute approximate surface area is 128 Å². The van der Waals surface area contributed by atoms with Gasteiger partial charge in [-0.1, -0.05) is 25.4 Å². The maximum Gasteiger partial charge on any atom is 0.271 e. The topological polar surface area (TPSA) is 98.3 Å². The zero-order valence-electron chi connectivity index (χ0n) is 12.1. The van der Waals surface area contributed by atoms with E-state index in [9.17, 15) is 14.9 Å². The molecule has 21 heavy (non-hydrogen) atoms. The predicted octanol–water partition coefficient (Wildman–Crippen LogP) is 3.20. The summed E-state index contributed by atoms with van der Waals surface area (Å²) in [6, 6.07) is 3.93. The zero-order valence-corrected chi connectivity index (χ0v) is 12.9. The summed E-state index contributed by atoms with van der Waals surface area (Å²) in [7, 11) is 0. The van der Waals surface area contributed by atoms with Crippen molar-refractivity contribution in [3.05, 3.63) is 33.3 Å². The first kappa shape index (κ1) is 17.4. The molecular weight excluding hydrogens is 294 g/mol. The molecule has 0 aliphatic carbocycles. The minimum atomic E-state index is -0.534. The molecule has 0 heterocycles. The Morgan fingerprint density at radius 3 is 2.67 bits per heavy atom. The molecule has 6 nitrogen and oxygen atoms in total. The first-order valence-corrected chi connectivity index (χ1v) is 7.15. The summed E-state index contributed by atoms with van der Waals surface area (Å²) in [4.78, 5) is 22.2. The van der Waals surface area contributed by atoms with Crippen LogP contribution in [-0.4, -0.2) is 17.4 Å². The second-order valence-corrected chi connectivity index (χ2v) is 5.81. The summed E-state index contributed by atoms with van der Waals surface area (Å²) in [5.41, 5.74) is 5.79. The summed E-state index contributed by atoms with van der Waals surface area (Å²) >= 11 is 5.94.